The maximum absolute atomic E-state index is 5.11. The second kappa shape index (κ2) is 2.52. The van der Waals surface area contributed by atoms with Crippen molar-refractivity contribution in [2.24, 2.45) is 0 Å². The molecule has 62 valence electrons. The molecule has 0 N–H and O–H groups in total. The van der Waals surface area contributed by atoms with Gasteiger partial charge in [-0.25, -0.2) is 0 Å². The number of ether oxygens (including phenoxy) is 1. The third kappa shape index (κ3) is 0.863. The summed E-state index contributed by atoms with van der Waals surface area (Å²) >= 11 is 0. The van der Waals surface area contributed by atoms with Crippen LogP contribution in [-0.2, 0) is 0 Å². The Hall–Kier alpha value is -1.51. The number of nitrogens with zero attached hydrogens (tertiary/aromatic N) is 1. The van der Waals surface area contributed by atoms with Crippen molar-refractivity contribution in [1.82, 2.24) is 5.16 Å². The molecule has 0 unspecified atom stereocenters. The first-order valence-electron chi connectivity index (χ1n) is 3.72. The van der Waals surface area contributed by atoms with Gasteiger partial charge in [0.25, 0.3) is 0 Å². The molecule has 2 rings (SSSR count). The third-order valence-electron chi connectivity index (χ3n) is 1.86. The van der Waals surface area contributed by atoms with Crippen LogP contribution in [0.15, 0.2) is 22.7 Å². The van der Waals surface area contributed by atoms with Gasteiger partial charge in [0.1, 0.15) is 0 Å². The maximum Gasteiger partial charge on any atom is 0.208 e. The van der Waals surface area contributed by atoms with Gasteiger partial charge in [-0.05, 0) is 19.1 Å². The SMILES string of the molecule is COc1cccc2c(C)noc12. The first kappa shape index (κ1) is 7.16. The fourth-order valence-electron chi connectivity index (χ4n) is 1.22. The van der Waals surface area contributed by atoms with E-state index in [2.05, 4.69) is 5.16 Å². The van der Waals surface area contributed by atoms with Gasteiger partial charge in [0, 0.05) is 5.39 Å². The van der Waals surface area contributed by atoms with Crippen LogP contribution in [0.2, 0.25) is 0 Å². The van der Waals surface area contributed by atoms with Crippen molar-refractivity contribution in [1.29, 1.82) is 0 Å². The Morgan fingerprint density at radius 2 is 2.25 bits per heavy atom. The lowest BCUT2D eigenvalue weighted by Gasteiger charge is -1.97. The van der Waals surface area contributed by atoms with Crippen molar-refractivity contribution in [2.45, 2.75) is 6.92 Å². The molecule has 3 heteroatoms. The molecule has 1 aromatic carbocycles. The number of rotatable bonds is 1. The second-order valence-corrected chi connectivity index (χ2v) is 2.60. The average Bonchev–Trinajstić information content (AvgIpc) is 2.48. The van der Waals surface area contributed by atoms with Crippen LogP contribution in [-0.4, -0.2) is 12.3 Å². The minimum atomic E-state index is 0.720. The topological polar surface area (TPSA) is 35.3 Å². The van der Waals surface area contributed by atoms with Crippen LogP contribution >= 0.6 is 0 Å². The molecule has 0 saturated heterocycles. The lowest BCUT2D eigenvalue weighted by atomic mass is 10.2. The van der Waals surface area contributed by atoms with Crippen LogP contribution in [0.4, 0.5) is 0 Å². The van der Waals surface area contributed by atoms with E-state index in [9.17, 15) is 0 Å². The van der Waals surface area contributed by atoms with Crippen LogP contribution < -0.4 is 4.74 Å². The molecule has 0 spiro atoms. The van der Waals surface area contributed by atoms with Gasteiger partial charge in [0.15, 0.2) is 5.75 Å². The zero-order chi connectivity index (χ0) is 8.55. The summed E-state index contributed by atoms with van der Waals surface area (Å²) in [6, 6.07) is 5.74. The van der Waals surface area contributed by atoms with Crippen molar-refractivity contribution in [3.63, 3.8) is 0 Å². The van der Waals surface area contributed by atoms with Crippen molar-refractivity contribution >= 4 is 11.0 Å². The standard InChI is InChI=1S/C9H9NO2/c1-6-7-4-3-5-8(11-2)9(7)12-10-6/h3-5H,1-2H3. The Morgan fingerprint density at radius 1 is 1.42 bits per heavy atom. The fraction of sp³-hybridized carbons (Fsp3) is 0.222. The smallest absolute Gasteiger partial charge is 0.208 e. The first-order chi connectivity index (χ1) is 5.83. The molecule has 2 aromatic rings. The maximum atomic E-state index is 5.11. The molecule has 0 aliphatic carbocycles. The summed E-state index contributed by atoms with van der Waals surface area (Å²) in [5, 5.41) is 4.86. The molecule has 0 bridgehead atoms. The lowest BCUT2D eigenvalue weighted by molar-refractivity contribution is 0.391. The summed E-state index contributed by atoms with van der Waals surface area (Å²) in [5.74, 6) is 0.730. The molecule has 0 aliphatic heterocycles. The van der Waals surface area contributed by atoms with E-state index in [0.29, 0.717) is 0 Å². The first-order valence-corrected chi connectivity index (χ1v) is 3.72. The molecule has 1 heterocycles. The zero-order valence-electron chi connectivity index (χ0n) is 7.00. The number of benzene rings is 1. The summed E-state index contributed by atoms with van der Waals surface area (Å²) in [4.78, 5) is 0. The van der Waals surface area contributed by atoms with Crippen LogP contribution in [0.25, 0.3) is 11.0 Å². The Balaban J connectivity index is 2.81. The van der Waals surface area contributed by atoms with Crippen molar-refractivity contribution < 1.29 is 9.26 Å². The molecule has 0 atom stereocenters. The van der Waals surface area contributed by atoms with Crippen LogP contribution in [0.1, 0.15) is 5.69 Å². The van der Waals surface area contributed by atoms with Crippen LogP contribution in [0.5, 0.6) is 5.75 Å². The fourth-order valence-corrected chi connectivity index (χ4v) is 1.22. The summed E-state index contributed by atoms with van der Waals surface area (Å²) in [7, 11) is 1.62. The van der Waals surface area contributed by atoms with Crippen molar-refractivity contribution in [2.75, 3.05) is 7.11 Å². The molecule has 12 heavy (non-hydrogen) atoms. The van der Waals surface area contributed by atoms with E-state index in [0.717, 1.165) is 22.4 Å². The summed E-state index contributed by atoms with van der Waals surface area (Å²) in [5.41, 5.74) is 1.61. The molecule has 3 nitrogen and oxygen atoms in total. The van der Waals surface area contributed by atoms with E-state index >= 15 is 0 Å². The van der Waals surface area contributed by atoms with Crippen LogP contribution in [0.3, 0.4) is 0 Å². The Labute approximate surface area is 69.9 Å². The van der Waals surface area contributed by atoms with E-state index in [1.54, 1.807) is 7.11 Å². The predicted octanol–water partition coefficient (Wildman–Crippen LogP) is 2.14. The number of para-hydroxylation sites is 1. The summed E-state index contributed by atoms with van der Waals surface area (Å²) in [6.07, 6.45) is 0. The molecular formula is C9H9NO2. The lowest BCUT2D eigenvalue weighted by Crippen LogP contribution is -1.81. The van der Waals surface area contributed by atoms with Crippen molar-refractivity contribution in [3.05, 3.63) is 23.9 Å². The number of hydrogen-bond acceptors (Lipinski definition) is 3. The molecule has 0 fully saturated rings. The highest BCUT2D eigenvalue weighted by atomic mass is 16.5. The Bertz CT molecular complexity index is 406. The highest BCUT2D eigenvalue weighted by Crippen LogP contribution is 2.26. The summed E-state index contributed by atoms with van der Waals surface area (Å²) in [6.45, 7) is 1.91. The van der Waals surface area contributed by atoms with Gasteiger partial charge in [-0.2, -0.15) is 0 Å². The van der Waals surface area contributed by atoms with Gasteiger partial charge >= 0.3 is 0 Å². The molecular weight excluding hydrogens is 154 g/mol. The van der Waals surface area contributed by atoms with E-state index < -0.39 is 0 Å². The number of aryl methyl sites for hydroxylation is 1. The minimum absolute atomic E-state index is 0.720. The van der Waals surface area contributed by atoms with Gasteiger partial charge in [-0.15, -0.1) is 0 Å². The summed E-state index contributed by atoms with van der Waals surface area (Å²) < 4.78 is 10.2. The highest BCUT2D eigenvalue weighted by molar-refractivity contribution is 5.84. The van der Waals surface area contributed by atoms with E-state index in [1.165, 1.54) is 0 Å². The monoisotopic (exact) mass is 163 g/mol. The van der Waals surface area contributed by atoms with Gasteiger partial charge in [-0.3, -0.25) is 0 Å². The Morgan fingerprint density at radius 3 is 3.00 bits per heavy atom. The van der Waals surface area contributed by atoms with Gasteiger partial charge in [0.05, 0.1) is 12.8 Å². The number of aromatic nitrogens is 1. The third-order valence-corrected chi connectivity index (χ3v) is 1.86. The van der Waals surface area contributed by atoms with E-state index in [4.69, 9.17) is 9.26 Å². The molecule has 0 saturated carbocycles. The van der Waals surface area contributed by atoms with Gasteiger partial charge in [-0.1, -0.05) is 11.2 Å². The second-order valence-electron chi connectivity index (χ2n) is 2.60. The highest BCUT2D eigenvalue weighted by Gasteiger charge is 2.07. The zero-order valence-corrected chi connectivity index (χ0v) is 7.00. The number of methoxy groups -OCH3 is 1. The molecule has 0 aliphatic rings. The van der Waals surface area contributed by atoms with Gasteiger partial charge < -0.3 is 9.26 Å². The molecule has 0 amide bonds. The van der Waals surface area contributed by atoms with Crippen LogP contribution in [0, 0.1) is 6.92 Å². The molecule has 1 aromatic heterocycles. The van der Waals surface area contributed by atoms with E-state index in [1.807, 2.05) is 25.1 Å². The predicted molar refractivity (Wildman–Crippen MR) is 45.3 cm³/mol. The quantitative estimate of drug-likeness (QED) is 0.646. The minimum Gasteiger partial charge on any atom is -0.493 e. The largest absolute Gasteiger partial charge is 0.493 e. The normalized spacial score (nSPS) is 10.5. The number of hydrogen-bond donors (Lipinski definition) is 0. The average molecular weight is 163 g/mol. The van der Waals surface area contributed by atoms with Crippen molar-refractivity contribution in [3.8, 4) is 5.75 Å². The van der Waals surface area contributed by atoms with E-state index in [-0.39, 0.29) is 0 Å². The van der Waals surface area contributed by atoms with Gasteiger partial charge in [0.2, 0.25) is 5.58 Å². The Kier molecular flexibility index (Phi) is 1.50. The number of fused-ring (bicyclic) bond motifs is 1. The molecule has 0 radical (unpaired) electrons.